The van der Waals surface area contributed by atoms with E-state index in [9.17, 15) is 19.6 Å². The zero-order valence-electron chi connectivity index (χ0n) is 24.0. The topological polar surface area (TPSA) is 120 Å². The van der Waals surface area contributed by atoms with Crippen molar-refractivity contribution in [3.63, 3.8) is 0 Å². The van der Waals surface area contributed by atoms with Gasteiger partial charge in [-0.2, -0.15) is 5.26 Å². The second-order valence-corrected chi connectivity index (χ2v) is 10.5. The fourth-order valence-electron chi connectivity index (χ4n) is 4.99. The molecule has 5 rings (SSSR count). The van der Waals surface area contributed by atoms with E-state index in [-0.39, 0.29) is 34.8 Å². The van der Waals surface area contributed by atoms with E-state index in [1.54, 1.807) is 61.8 Å². The van der Waals surface area contributed by atoms with Gasteiger partial charge in [0.05, 0.1) is 6.07 Å². The highest BCUT2D eigenvalue weighted by atomic mass is 35.5. The van der Waals surface area contributed by atoms with Gasteiger partial charge in [-0.15, -0.1) is 0 Å². The van der Waals surface area contributed by atoms with E-state index in [1.165, 1.54) is 16.5 Å². The number of hydrogen-bond donors (Lipinski definition) is 2. The predicted octanol–water partition coefficient (Wildman–Crippen LogP) is 6.13. The van der Waals surface area contributed by atoms with Gasteiger partial charge in [-0.1, -0.05) is 35.9 Å². The molecular formula is C33H28ClN5O4. The molecule has 43 heavy (non-hydrogen) atoms. The Bertz CT molecular complexity index is 1980. The Morgan fingerprint density at radius 1 is 1.05 bits per heavy atom. The van der Waals surface area contributed by atoms with Crippen LogP contribution in [0.15, 0.2) is 77.7 Å². The summed E-state index contributed by atoms with van der Waals surface area (Å²) in [6.45, 7) is 3.66. The van der Waals surface area contributed by atoms with Gasteiger partial charge >= 0.3 is 0 Å². The highest BCUT2D eigenvalue weighted by Crippen LogP contribution is 2.39. The number of aromatic nitrogens is 2. The molecule has 0 saturated heterocycles. The number of carbonyl (C=O) groups excluding carboxylic acids is 2. The van der Waals surface area contributed by atoms with Crippen molar-refractivity contribution < 1.29 is 14.3 Å². The van der Waals surface area contributed by atoms with Gasteiger partial charge in [0.2, 0.25) is 0 Å². The molecule has 2 heterocycles. The van der Waals surface area contributed by atoms with Crippen molar-refractivity contribution in [3.8, 4) is 28.7 Å². The van der Waals surface area contributed by atoms with Crippen LogP contribution in [0.1, 0.15) is 32.0 Å². The van der Waals surface area contributed by atoms with Gasteiger partial charge in [0, 0.05) is 53.1 Å². The van der Waals surface area contributed by atoms with Gasteiger partial charge in [-0.05, 0) is 67.4 Å². The Morgan fingerprint density at radius 2 is 1.77 bits per heavy atom. The SMILES string of the molecule is CNC(=O)c1cc2c(-c3ccc(C(=O)N(CC#N)c4cccc(Cl)c4)cc3Oc3c(C)cccc3C)cn(C)c(=O)c2[nH]1. The molecule has 0 atom stereocenters. The summed E-state index contributed by atoms with van der Waals surface area (Å²) in [5.41, 5.74) is 3.95. The number of nitrogens with zero attached hydrogens (tertiary/aromatic N) is 3. The molecule has 0 saturated carbocycles. The molecular weight excluding hydrogens is 566 g/mol. The summed E-state index contributed by atoms with van der Waals surface area (Å²) in [6.07, 6.45) is 1.68. The number of nitriles is 1. The summed E-state index contributed by atoms with van der Waals surface area (Å²) in [4.78, 5) is 43.6. The molecule has 0 radical (unpaired) electrons. The highest BCUT2D eigenvalue weighted by Gasteiger charge is 2.23. The lowest BCUT2D eigenvalue weighted by atomic mass is 10.00. The minimum Gasteiger partial charge on any atom is -0.456 e. The third-order valence-corrected chi connectivity index (χ3v) is 7.40. The molecule has 10 heteroatoms. The number of amides is 2. The van der Waals surface area contributed by atoms with Crippen LogP contribution in [0.25, 0.3) is 22.0 Å². The van der Waals surface area contributed by atoms with Crippen LogP contribution in [0.4, 0.5) is 5.69 Å². The van der Waals surface area contributed by atoms with Gasteiger partial charge in [0.15, 0.2) is 0 Å². The molecule has 0 bridgehead atoms. The molecule has 9 nitrogen and oxygen atoms in total. The van der Waals surface area contributed by atoms with Crippen molar-refractivity contribution in [1.82, 2.24) is 14.9 Å². The van der Waals surface area contributed by atoms with Gasteiger partial charge in [-0.25, -0.2) is 0 Å². The number of H-pyrrole nitrogens is 1. The number of anilines is 1. The number of ether oxygens (including phenoxy) is 1. The first-order chi connectivity index (χ1) is 20.6. The molecule has 0 spiro atoms. The number of benzene rings is 3. The average molecular weight is 594 g/mol. The first-order valence-electron chi connectivity index (χ1n) is 13.4. The number of para-hydroxylation sites is 1. The summed E-state index contributed by atoms with van der Waals surface area (Å²) in [7, 11) is 3.14. The maximum Gasteiger partial charge on any atom is 0.274 e. The Hall–Kier alpha value is -5.33. The van der Waals surface area contributed by atoms with Crippen molar-refractivity contribution in [2.45, 2.75) is 13.8 Å². The van der Waals surface area contributed by atoms with E-state index in [1.807, 2.05) is 32.0 Å². The van der Waals surface area contributed by atoms with Crippen molar-refractivity contribution >= 4 is 40.0 Å². The standard InChI is InChI=1S/C33H28ClN5O4/c1-19-7-5-8-20(2)30(19)43-28-15-21(32(41)39(14-13-35)23-10-6-9-22(34)16-23)11-12-24(28)26-18-38(4)33(42)29-25(26)17-27(37-29)31(40)36-3/h5-12,15-18,37H,14H2,1-4H3,(H,36,40). The van der Waals surface area contributed by atoms with E-state index in [0.29, 0.717) is 38.7 Å². The molecule has 0 aliphatic carbocycles. The Labute approximate surface area is 252 Å². The Kier molecular flexibility index (Phi) is 8.06. The zero-order valence-corrected chi connectivity index (χ0v) is 24.7. The van der Waals surface area contributed by atoms with Crippen molar-refractivity contribution in [2.24, 2.45) is 7.05 Å². The minimum atomic E-state index is -0.420. The molecule has 2 N–H and O–H groups in total. The average Bonchev–Trinajstić information content (AvgIpc) is 3.45. The van der Waals surface area contributed by atoms with Gasteiger partial charge < -0.3 is 19.6 Å². The van der Waals surface area contributed by atoms with Gasteiger partial charge in [0.1, 0.15) is 29.3 Å². The number of rotatable bonds is 7. The lowest BCUT2D eigenvalue weighted by molar-refractivity contribution is 0.0957. The van der Waals surface area contributed by atoms with E-state index >= 15 is 0 Å². The van der Waals surface area contributed by atoms with Gasteiger partial charge in [-0.3, -0.25) is 19.3 Å². The highest BCUT2D eigenvalue weighted by molar-refractivity contribution is 6.31. The molecule has 0 aliphatic heterocycles. The number of hydrogen-bond acceptors (Lipinski definition) is 5. The van der Waals surface area contributed by atoms with Crippen LogP contribution in [0.5, 0.6) is 11.5 Å². The number of halogens is 1. The molecule has 3 aromatic carbocycles. The third-order valence-electron chi connectivity index (χ3n) is 7.17. The molecule has 0 fully saturated rings. The van der Waals surface area contributed by atoms with E-state index in [2.05, 4.69) is 16.4 Å². The lowest BCUT2D eigenvalue weighted by Gasteiger charge is -2.22. The van der Waals surface area contributed by atoms with E-state index in [0.717, 1.165) is 11.1 Å². The Morgan fingerprint density at radius 3 is 2.44 bits per heavy atom. The zero-order chi connectivity index (χ0) is 30.8. The Balaban J connectivity index is 1.72. The summed E-state index contributed by atoms with van der Waals surface area (Å²) in [5, 5.41) is 13.0. The summed E-state index contributed by atoms with van der Waals surface area (Å²) in [5.74, 6) is 0.193. The number of carbonyl (C=O) groups is 2. The molecule has 216 valence electrons. The van der Waals surface area contributed by atoms with Crippen LogP contribution in [0, 0.1) is 25.2 Å². The van der Waals surface area contributed by atoms with Crippen LogP contribution in [0.3, 0.4) is 0 Å². The number of aryl methyl sites for hydroxylation is 3. The monoisotopic (exact) mass is 593 g/mol. The number of pyridine rings is 1. The summed E-state index contributed by atoms with van der Waals surface area (Å²) >= 11 is 6.18. The van der Waals surface area contributed by atoms with Crippen molar-refractivity contribution in [3.05, 3.63) is 111 Å². The van der Waals surface area contributed by atoms with Crippen LogP contribution < -0.4 is 20.5 Å². The second-order valence-electron chi connectivity index (χ2n) is 10.1. The molecule has 0 unspecified atom stereocenters. The first kappa shape index (κ1) is 29.2. The predicted molar refractivity (Wildman–Crippen MR) is 167 cm³/mol. The van der Waals surface area contributed by atoms with E-state index < -0.39 is 5.91 Å². The number of aromatic amines is 1. The second kappa shape index (κ2) is 11.9. The fourth-order valence-corrected chi connectivity index (χ4v) is 5.17. The summed E-state index contributed by atoms with van der Waals surface area (Å²) < 4.78 is 7.97. The van der Waals surface area contributed by atoms with Crippen molar-refractivity contribution in [2.75, 3.05) is 18.5 Å². The first-order valence-corrected chi connectivity index (χ1v) is 13.8. The number of fused-ring (bicyclic) bond motifs is 1. The van der Waals surface area contributed by atoms with Gasteiger partial charge in [0.25, 0.3) is 17.4 Å². The lowest BCUT2D eigenvalue weighted by Crippen LogP contribution is -2.31. The van der Waals surface area contributed by atoms with E-state index in [4.69, 9.17) is 16.3 Å². The maximum atomic E-state index is 13.8. The summed E-state index contributed by atoms with van der Waals surface area (Å²) in [6, 6.07) is 21.2. The van der Waals surface area contributed by atoms with Crippen LogP contribution in [-0.4, -0.2) is 35.0 Å². The minimum absolute atomic E-state index is 0.193. The maximum absolute atomic E-state index is 13.8. The fraction of sp³-hybridized carbons (Fsp3) is 0.152. The van der Waals surface area contributed by atoms with Crippen LogP contribution >= 0.6 is 11.6 Å². The molecule has 0 aliphatic rings. The molecule has 5 aromatic rings. The molecule has 2 aromatic heterocycles. The molecule has 2 amide bonds. The third kappa shape index (κ3) is 5.61. The van der Waals surface area contributed by atoms with Crippen LogP contribution in [0.2, 0.25) is 5.02 Å². The number of nitrogens with one attached hydrogen (secondary N) is 2. The van der Waals surface area contributed by atoms with Crippen molar-refractivity contribution in [1.29, 1.82) is 5.26 Å². The largest absolute Gasteiger partial charge is 0.456 e. The smallest absolute Gasteiger partial charge is 0.274 e. The quantitative estimate of drug-likeness (QED) is 0.220. The normalized spacial score (nSPS) is 10.8. The van der Waals surface area contributed by atoms with Crippen LogP contribution in [-0.2, 0) is 7.05 Å².